The summed E-state index contributed by atoms with van der Waals surface area (Å²) in [5, 5.41) is 10.4. The zero-order valence-electron chi connectivity index (χ0n) is 10.4. The maximum Gasteiger partial charge on any atom is 0.0671 e. The van der Waals surface area contributed by atoms with Crippen molar-refractivity contribution in [2.24, 2.45) is 23.7 Å². The van der Waals surface area contributed by atoms with Crippen molar-refractivity contribution >= 4 is 0 Å². The molecule has 6 rings (SSSR count). The number of aliphatic hydroxyl groups is 1. The van der Waals surface area contributed by atoms with Gasteiger partial charge in [0.15, 0.2) is 0 Å². The van der Waals surface area contributed by atoms with Gasteiger partial charge in [0.1, 0.15) is 0 Å². The van der Waals surface area contributed by atoms with Gasteiger partial charge >= 0.3 is 0 Å². The Bertz CT molecular complexity index is 499. The summed E-state index contributed by atoms with van der Waals surface area (Å²) in [6.07, 6.45) is 7.20. The minimum Gasteiger partial charge on any atom is -0.392 e. The Morgan fingerprint density at radius 2 is 1.33 bits per heavy atom. The van der Waals surface area contributed by atoms with Crippen LogP contribution in [-0.2, 0) is 0 Å². The topological polar surface area (TPSA) is 20.2 Å². The van der Waals surface area contributed by atoms with Gasteiger partial charge in [-0.05, 0) is 47.6 Å². The lowest BCUT2D eigenvalue weighted by molar-refractivity contribution is 0.126. The van der Waals surface area contributed by atoms with E-state index < -0.39 is 0 Å². The summed E-state index contributed by atoms with van der Waals surface area (Å²) < 4.78 is 0. The zero-order chi connectivity index (χ0) is 11.9. The molecule has 1 N–H and O–H groups in total. The normalized spacial score (nSPS) is 50.4. The molecule has 1 aromatic carbocycles. The number of aliphatic hydroxyl groups excluding tert-OH is 1. The Morgan fingerprint density at radius 3 is 1.83 bits per heavy atom. The van der Waals surface area contributed by atoms with Crippen LogP contribution in [0.25, 0.3) is 0 Å². The monoisotopic (exact) mass is 238 g/mol. The second-order valence-corrected chi connectivity index (χ2v) is 6.60. The second-order valence-electron chi connectivity index (χ2n) is 6.60. The van der Waals surface area contributed by atoms with Crippen LogP contribution in [-0.4, -0.2) is 11.2 Å². The van der Waals surface area contributed by atoms with Crippen LogP contribution in [0.3, 0.4) is 0 Å². The average molecular weight is 238 g/mol. The van der Waals surface area contributed by atoms with Gasteiger partial charge in [-0.1, -0.05) is 36.4 Å². The van der Waals surface area contributed by atoms with Crippen LogP contribution in [0.1, 0.15) is 35.8 Å². The second kappa shape index (κ2) is 3.08. The number of rotatable bonds is 0. The predicted molar refractivity (Wildman–Crippen MR) is 70.3 cm³/mol. The first-order chi connectivity index (χ1) is 8.86. The molecule has 4 bridgehead atoms. The quantitative estimate of drug-likeness (QED) is 0.689. The van der Waals surface area contributed by atoms with Crippen molar-refractivity contribution in [1.29, 1.82) is 0 Å². The molecule has 0 saturated heterocycles. The van der Waals surface area contributed by atoms with Crippen LogP contribution < -0.4 is 0 Å². The number of hydrogen-bond donors (Lipinski definition) is 1. The molecule has 0 radical (unpaired) electrons. The standard InChI is InChI=1S/C17H18O/c18-17-13-7-8-14(17)16-12-6-5-11(15(13)16)9-3-1-2-4-10(9)12/h1-4,7-8,11-18H,5-6H2/t11-,12-,13-,14-,15-,16-/m0/s1. The van der Waals surface area contributed by atoms with Crippen LogP contribution in [0.15, 0.2) is 36.4 Å². The molecule has 18 heavy (non-hydrogen) atoms. The summed E-state index contributed by atoms with van der Waals surface area (Å²) >= 11 is 0. The van der Waals surface area contributed by atoms with Crippen LogP contribution in [0.2, 0.25) is 0 Å². The molecule has 0 unspecified atom stereocenters. The number of hydrogen-bond acceptors (Lipinski definition) is 1. The molecule has 6 atom stereocenters. The fraction of sp³-hybridized carbons (Fsp3) is 0.529. The van der Waals surface area contributed by atoms with Crippen LogP contribution in [0, 0.1) is 23.7 Å². The van der Waals surface area contributed by atoms with Crippen molar-refractivity contribution in [3.63, 3.8) is 0 Å². The van der Waals surface area contributed by atoms with E-state index >= 15 is 0 Å². The van der Waals surface area contributed by atoms with Gasteiger partial charge in [-0.2, -0.15) is 0 Å². The van der Waals surface area contributed by atoms with Crippen molar-refractivity contribution in [2.45, 2.75) is 30.8 Å². The molecule has 5 aliphatic carbocycles. The summed E-state index contributed by atoms with van der Waals surface area (Å²) in [6, 6.07) is 9.05. The van der Waals surface area contributed by atoms with E-state index in [-0.39, 0.29) is 6.10 Å². The number of benzene rings is 1. The van der Waals surface area contributed by atoms with Crippen molar-refractivity contribution in [1.82, 2.24) is 0 Å². The lowest BCUT2D eigenvalue weighted by atomic mass is 9.54. The zero-order valence-corrected chi connectivity index (χ0v) is 10.4. The molecule has 2 fully saturated rings. The summed E-state index contributed by atoms with van der Waals surface area (Å²) in [6.45, 7) is 0. The van der Waals surface area contributed by atoms with Gasteiger partial charge in [-0.25, -0.2) is 0 Å². The molecule has 1 heteroatoms. The predicted octanol–water partition coefficient (Wildman–Crippen LogP) is 3.07. The first-order valence-corrected chi connectivity index (χ1v) is 7.31. The third-order valence-electron chi connectivity index (χ3n) is 6.19. The molecule has 1 aromatic rings. The van der Waals surface area contributed by atoms with Gasteiger partial charge in [-0.3, -0.25) is 0 Å². The highest BCUT2D eigenvalue weighted by molar-refractivity contribution is 5.43. The van der Waals surface area contributed by atoms with E-state index in [1.54, 1.807) is 11.1 Å². The van der Waals surface area contributed by atoms with Crippen molar-refractivity contribution in [2.75, 3.05) is 0 Å². The van der Waals surface area contributed by atoms with E-state index in [1.165, 1.54) is 12.8 Å². The van der Waals surface area contributed by atoms with E-state index in [9.17, 15) is 5.11 Å². The maximum absolute atomic E-state index is 10.4. The molecule has 92 valence electrons. The van der Waals surface area contributed by atoms with Crippen molar-refractivity contribution in [3.05, 3.63) is 47.5 Å². The minimum absolute atomic E-state index is 0.0857. The Labute approximate surface area is 108 Å². The Kier molecular flexibility index (Phi) is 1.68. The highest BCUT2D eigenvalue weighted by atomic mass is 16.3. The smallest absolute Gasteiger partial charge is 0.0671 e. The van der Waals surface area contributed by atoms with Crippen LogP contribution in [0.4, 0.5) is 0 Å². The van der Waals surface area contributed by atoms with E-state index in [2.05, 4.69) is 36.4 Å². The molecular weight excluding hydrogens is 220 g/mol. The first-order valence-electron chi connectivity index (χ1n) is 7.31. The SMILES string of the molecule is OC1[C@H]2C=C[C@H]1[C@H]1[C@H]2[C@H]2CC[C@H]1c1ccccc12. The van der Waals surface area contributed by atoms with Gasteiger partial charge < -0.3 is 5.11 Å². The van der Waals surface area contributed by atoms with Gasteiger partial charge in [0.2, 0.25) is 0 Å². The van der Waals surface area contributed by atoms with Gasteiger partial charge in [0.25, 0.3) is 0 Å². The van der Waals surface area contributed by atoms with Crippen LogP contribution in [0.5, 0.6) is 0 Å². The Hall–Kier alpha value is -1.08. The minimum atomic E-state index is -0.0857. The molecule has 5 aliphatic rings. The van der Waals surface area contributed by atoms with E-state index in [0.717, 1.165) is 11.8 Å². The van der Waals surface area contributed by atoms with Gasteiger partial charge in [-0.15, -0.1) is 0 Å². The third kappa shape index (κ3) is 0.925. The highest BCUT2D eigenvalue weighted by Crippen LogP contribution is 2.66. The molecule has 0 aliphatic heterocycles. The van der Waals surface area contributed by atoms with Crippen molar-refractivity contribution in [3.8, 4) is 0 Å². The van der Waals surface area contributed by atoms with E-state index in [4.69, 9.17) is 0 Å². The lowest BCUT2D eigenvalue weighted by Crippen LogP contribution is -2.40. The lowest BCUT2D eigenvalue weighted by Gasteiger charge is -2.50. The fourth-order valence-electron chi connectivity index (χ4n) is 5.69. The molecule has 0 amide bonds. The molecular formula is C17H18O. The number of fused-ring (bicyclic) bond motifs is 3. The summed E-state index contributed by atoms with van der Waals surface area (Å²) in [4.78, 5) is 0. The maximum atomic E-state index is 10.4. The molecule has 0 spiro atoms. The molecule has 2 saturated carbocycles. The summed E-state index contributed by atoms with van der Waals surface area (Å²) in [7, 11) is 0. The molecule has 1 nitrogen and oxygen atoms in total. The van der Waals surface area contributed by atoms with E-state index in [1.807, 2.05) is 0 Å². The molecule has 0 heterocycles. The first kappa shape index (κ1) is 9.80. The van der Waals surface area contributed by atoms with E-state index in [0.29, 0.717) is 23.7 Å². The average Bonchev–Trinajstić information content (AvgIpc) is 2.94. The Morgan fingerprint density at radius 1 is 0.833 bits per heavy atom. The highest BCUT2D eigenvalue weighted by Gasteiger charge is 2.60. The molecule has 0 aromatic heterocycles. The van der Waals surface area contributed by atoms with Crippen LogP contribution >= 0.6 is 0 Å². The summed E-state index contributed by atoms with van der Waals surface area (Å²) in [5.74, 6) is 3.77. The summed E-state index contributed by atoms with van der Waals surface area (Å²) in [5.41, 5.74) is 3.20. The fourth-order valence-corrected chi connectivity index (χ4v) is 5.69. The Balaban J connectivity index is 1.73. The van der Waals surface area contributed by atoms with Gasteiger partial charge in [0, 0.05) is 11.8 Å². The van der Waals surface area contributed by atoms with Gasteiger partial charge in [0.05, 0.1) is 6.10 Å². The third-order valence-corrected chi connectivity index (χ3v) is 6.19. The van der Waals surface area contributed by atoms with Crippen molar-refractivity contribution < 1.29 is 5.11 Å². The largest absolute Gasteiger partial charge is 0.392 e.